The number of carbonyl (C=O) groups is 1. The van der Waals surface area contributed by atoms with Crippen LogP contribution in [0.3, 0.4) is 0 Å². The molecule has 2 amide bonds. The average Bonchev–Trinajstić information content (AvgIpc) is 1.38. The molecule has 0 atom stereocenters. The number of nitrogens with one attached hydrogen (secondary N) is 1. The predicted octanol–water partition coefficient (Wildman–Crippen LogP) is -0.844. The quantitative estimate of drug-likeness (QED) is 0.260. The lowest BCUT2D eigenvalue weighted by molar-refractivity contribution is 0.169. The van der Waals surface area contributed by atoms with E-state index in [0.717, 1.165) is 0 Å². The van der Waals surface area contributed by atoms with Crippen LogP contribution in [0.25, 0.3) is 0 Å². The number of hydrogen-bond donors (Lipinski definition) is 3. The number of urea groups is 1. The van der Waals surface area contributed by atoms with E-state index >= 15 is 0 Å². The van der Waals surface area contributed by atoms with E-state index in [2.05, 4.69) is 5.73 Å². The third-order valence-electron chi connectivity index (χ3n) is 0.110. The smallest absolute Gasteiger partial charge is 0.350 e. The molecule has 4 heteroatoms. The Kier molecular flexibility index (Phi) is 1.30. The summed E-state index contributed by atoms with van der Waals surface area (Å²) in [5.41, 5.74) is 5.46. The topological polar surface area (TPSA) is 75.4 Å². The summed E-state index contributed by atoms with van der Waals surface area (Å²) in [5, 5.41) is 7.42. The van der Waals surface area contributed by atoms with Gasteiger partial charge in [0.25, 0.3) is 0 Å². The van der Waals surface area contributed by atoms with Gasteiger partial charge in [0.1, 0.15) is 0 Å². The van der Waals surface area contributed by atoms with Gasteiger partial charge in [-0.15, -0.1) is 0 Å². The molecule has 0 aliphatic rings. The highest BCUT2D eigenvalue weighted by atomic mass is 16.5. The molecule has 0 aliphatic heterocycles. The molecule has 0 bridgehead atoms. The maximum absolute atomic E-state index is 9.23. The molecule has 0 aliphatic carbocycles. The van der Waals surface area contributed by atoms with Crippen molar-refractivity contribution in [3.8, 4) is 0 Å². The number of nitrogens with two attached hydrogens (primary N) is 1. The summed E-state index contributed by atoms with van der Waals surface area (Å²) in [6, 6.07) is -0.940. The van der Waals surface area contributed by atoms with Crippen LogP contribution >= 0.6 is 0 Å². The second kappa shape index (κ2) is 1.54. The fraction of sp³-hybridized carbons (Fsp3) is 0. The van der Waals surface area contributed by atoms with Gasteiger partial charge in [-0.25, -0.2) is 10.3 Å². The molecular formula is CH5N2O2+. The van der Waals surface area contributed by atoms with E-state index in [1.165, 1.54) is 5.48 Å². The Balaban J connectivity index is 0. The van der Waals surface area contributed by atoms with Gasteiger partial charge in [0, 0.05) is 0 Å². The van der Waals surface area contributed by atoms with Crippen molar-refractivity contribution in [1.29, 1.82) is 0 Å². The van der Waals surface area contributed by atoms with Crippen LogP contribution in [0, 0.1) is 0 Å². The molecule has 0 rings (SSSR count). The zero-order chi connectivity index (χ0) is 4.28. The van der Waals surface area contributed by atoms with Crippen LogP contribution in [0.2, 0.25) is 0 Å². The molecule has 4 N–H and O–H groups in total. The third kappa shape index (κ3) is 3.23. The zero-order valence-corrected chi connectivity index (χ0v) is 2.43. The van der Waals surface area contributed by atoms with Gasteiger partial charge in [0.05, 0.1) is 0 Å². The molecule has 0 unspecified atom stereocenters. The summed E-state index contributed by atoms with van der Waals surface area (Å²) in [4.78, 5) is 9.23. The highest BCUT2D eigenvalue weighted by Crippen LogP contribution is 1.38. The SMILES string of the molecule is NC(=O)NO.[H+]. The van der Waals surface area contributed by atoms with E-state index < -0.39 is 6.03 Å². The van der Waals surface area contributed by atoms with Crippen molar-refractivity contribution >= 4 is 6.03 Å². The van der Waals surface area contributed by atoms with Gasteiger partial charge >= 0.3 is 7.46 Å². The van der Waals surface area contributed by atoms with Crippen LogP contribution in [-0.4, -0.2) is 11.2 Å². The summed E-state index contributed by atoms with van der Waals surface area (Å²) in [5.74, 6) is 0. The van der Waals surface area contributed by atoms with Crippen molar-refractivity contribution < 1.29 is 11.4 Å². The largest absolute Gasteiger partial charge is 1.00 e. The average molecular weight is 77.1 g/mol. The summed E-state index contributed by atoms with van der Waals surface area (Å²) in [6.07, 6.45) is 0. The zero-order valence-electron chi connectivity index (χ0n) is 3.43. The number of hydroxylamine groups is 1. The Hall–Kier alpha value is -0.770. The molecule has 0 radical (unpaired) electrons. The Morgan fingerprint density at radius 3 is 2.40 bits per heavy atom. The molecular weight excluding hydrogens is 72.0 g/mol. The fourth-order valence-corrected chi connectivity index (χ4v) is 0. The minimum Gasteiger partial charge on any atom is -0.350 e. The number of rotatable bonds is 0. The third-order valence-corrected chi connectivity index (χ3v) is 0.110. The highest BCUT2D eigenvalue weighted by molar-refractivity contribution is 5.69. The maximum Gasteiger partial charge on any atom is 1.00 e. The molecule has 0 saturated heterocycles. The Labute approximate surface area is 30.0 Å². The van der Waals surface area contributed by atoms with Crippen LogP contribution in [-0.2, 0) is 0 Å². The molecule has 4 nitrogen and oxygen atoms in total. The molecule has 0 aromatic heterocycles. The van der Waals surface area contributed by atoms with E-state index in [1.54, 1.807) is 0 Å². The lowest BCUT2D eigenvalue weighted by Crippen LogP contribution is -2.25. The first-order chi connectivity index (χ1) is 2.27. The van der Waals surface area contributed by atoms with Crippen molar-refractivity contribution in [3.05, 3.63) is 0 Å². The predicted molar refractivity (Wildman–Crippen MR) is 15.6 cm³/mol. The van der Waals surface area contributed by atoms with Gasteiger partial charge in [-0.05, 0) is 0 Å². The van der Waals surface area contributed by atoms with E-state index in [-0.39, 0.29) is 1.43 Å². The van der Waals surface area contributed by atoms with Crippen molar-refractivity contribution in [2.75, 3.05) is 0 Å². The molecule has 0 aromatic carbocycles. The Bertz CT molecular complexity index is 46.8. The number of primary amides is 1. The minimum absolute atomic E-state index is 0. The Morgan fingerprint density at radius 1 is 2.20 bits per heavy atom. The van der Waals surface area contributed by atoms with Crippen LogP contribution in [0.15, 0.2) is 0 Å². The maximum atomic E-state index is 9.23. The first-order valence-electron chi connectivity index (χ1n) is 0.966. The second-order valence-electron chi connectivity index (χ2n) is 0.476. The number of carbonyl (C=O) groups excluding carboxylic acids is 1. The standard InChI is InChI=1S/CH4N2O2/c2-1(4)3-5/h5H,(H3,2,3,4)/p+1. The first-order valence-corrected chi connectivity index (χ1v) is 0.966. The van der Waals surface area contributed by atoms with Gasteiger partial charge in [-0.2, -0.15) is 0 Å². The summed E-state index contributed by atoms with van der Waals surface area (Å²) in [7, 11) is 0. The summed E-state index contributed by atoms with van der Waals surface area (Å²) < 4.78 is 0. The van der Waals surface area contributed by atoms with Crippen molar-refractivity contribution in [2.45, 2.75) is 0 Å². The molecule has 0 aromatic rings. The molecule has 0 fully saturated rings. The lowest BCUT2D eigenvalue weighted by atomic mass is 11.2. The minimum atomic E-state index is -0.940. The van der Waals surface area contributed by atoms with Crippen molar-refractivity contribution in [3.63, 3.8) is 0 Å². The summed E-state index contributed by atoms with van der Waals surface area (Å²) in [6.45, 7) is 0. The molecule has 5 heavy (non-hydrogen) atoms. The monoisotopic (exact) mass is 77.0 g/mol. The summed E-state index contributed by atoms with van der Waals surface area (Å²) >= 11 is 0. The fourth-order valence-electron chi connectivity index (χ4n) is 0. The first kappa shape index (κ1) is 4.23. The number of hydrogen-bond acceptors (Lipinski definition) is 2. The lowest BCUT2D eigenvalue weighted by Gasteiger charge is -1.79. The molecule has 0 spiro atoms. The van der Waals surface area contributed by atoms with Crippen LogP contribution < -0.4 is 11.2 Å². The number of amides is 2. The molecule has 0 heterocycles. The Morgan fingerprint density at radius 2 is 2.40 bits per heavy atom. The normalized spacial score (nSPS) is 6.60. The van der Waals surface area contributed by atoms with Crippen LogP contribution in [0.4, 0.5) is 4.79 Å². The van der Waals surface area contributed by atoms with Crippen LogP contribution in [0.5, 0.6) is 0 Å². The van der Waals surface area contributed by atoms with Crippen LogP contribution in [0.1, 0.15) is 1.43 Å². The second-order valence-corrected chi connectivity index (χ2v) is 0.476. The van der Waals surface area contributed by atoms with Crippen molar-refractivity contribution in [2.24, 2.45) is 5.73 Å². The van der Waals surface area contributed by atoms with Gasteiger partial charge in [-0.3, -0.25) is 5.21 Å². The van der Waals surface area contributed by atoms with E-state index in [4.69, 9.17) is 5.21 Å². The van der Waals surface area contributed by atoms with E-state index in [0.29, 0.717) is 0 Å². The van der Waals surface area contributed by atoms with E-state index in [9.17, 15) is 4.79 Å². The van der Waals surface area contributed by atoms with Gasteiger partial charge in [-0.1, -0.05) is 0 Å². The van der Waals surface area contributed by atoms with Crippen molar-refractivity contribution in [1.82, 2.24) is 5.48 Å². The van der Waals surface area contributed by atoms with E-state index in [1.807, 2.05) is 0 Å². The van der Waals surface area contributed by atoms with Gasteiger partial charge < -0.3 is 5.73 Å². The molecule has 0 saturated carbocycles. The van der Waals surface area contributed by atoms with Gasteiger partial charge in [0.15, 0.2) is 0 Å². The molecule has 30 valence electrons. The highest BCUT2D eigenvalue weighted by Gasteiger charge is 1.75. The van der Waals surface area contributed by atoms with Gasteiger partial charge in [0.2, 0.25) is 0 Å².